The third-order valence-electron chi connectivity index (χ3n) is 2.78. The highest BCUT2D eigenvalue weighted by Gasteiger charge is 2.14. The third kappa shape index (κ3) is 4.22. The fourth-order valence-corrected chi connectivity index (χ4v) is 2.18. The van der Waals surface area contributed by atoms with Crippen molar-refractivity contribution in [1.82, 2.24) is 10.3 Å². The average molecular weight is 357 g/mol. The predicted octanol–water partition coefficient (Wildman–Crippen LogP) is 4.41. The summed E-state index contributed by atoms with van der Waals surface area (Å²) in [5, 5.41) is 3.22. The van der Waals surface area contributed by atoms with Gasteiger partial charge in [0.1, 0.15) is 5.75 Å². The molecule has 0 saturated carbocycles. The lowest BCUT2D eigenvalue weighted by atomic mass is 10.2. The SMILES string of the molecule is CCCNCc1cnccc1Oc1cc(Br)cc(F)c1F. The smallest absolute Gasteiger partial charge is 0.201 e. The van der Waals surface area contributed by atoms with Gasteiger partial charge in [-0.1, -0.05) is 22.9 Å². The standard InChI is InChI=1S/C15H15BrF2N2O/c1-2-4-19-8-10-9-20-5-3-13(10)21-14-7-11(16)6-12(17)15(14)18/h3,5-7,9,19H,2,4,8H2,1H3. The van der Waals surface area contributed by atoms with Gasteiger partial charge in [0.25, 0.3) is 0 Å². The molecule has 0 atom stereocenters. The largest absolute Gasteiger partial charge is 0.454 e. The van der Waals surface area contributed by atoms with Crippen LogP contribution in [0.5, 0.6) is 11.5 Å². The molecule has 0 aliphatic carbocycles. The Morgan fingerprint density at radius 2 is 2.10 bits per heavy atom. The number of nitrogens with zero attached hydrogens (tertiary/aromatic N) is 1. The van der Waals surface area contributed by atoms with Crippen LogP contribution in [0.15, 0.2) is 35.1 Å². The second-order valence-electron chi connectivity index (χ2n) is 4.46. The van der Waals surface area contributed by atoms with Gasteiger partial charge in [0.15, 0.2) is 11.6 Å². The van der Waals surface area contributed by atoms with Crippen LogP contribution in [0.2, 0.25) is 0 Å². The van der Waals surface area contributed by atoms with Gasteiger partial charge in [-0.2, -0.15) is 4.39 Å². The highest BCUT2D eigenvalue weighted by Crippen LogP contribution is 2.31. The van der Waals surface area contributed by atoms with E-state index in [1.807, 2.05) is 0 Å². The van der Waals surface area contributed by atoms with Crippen molar-refractivity contribution < 1.29 is 13.5 Å². The molecule has 112 valence electrons. The van der Waals surface area contributed by atoms with Gasteiger partial charge < -0.3 is 10.1 Å². The van der Waals surface area contributed by atoms with E-state index in [0.717, 1.165) is 24.6 Å². The van der Waals surface area contributed by atoms with Crippen molar-refractivity contribution in [2.45, 2.75) is 19.9 Å². The summed E-state index contributed by atoms with van der Waals surface area (Å²) in [6.45, 7) is 3.47. The Bertz CT molecular complexity index is 623. The number of halogens is 3. The van der Waals surface area contributed by atoms with Crippen LogP contribution in [0.1, 0.15) is 18.9 Å². The quantitative estimate of drug-likeness (QED) is 0.614. The van der Waals surface area contributed by atoms with Crippen LogP contribution in [0.25, 0.3) is 0 Å². The first-order valence-electron chi connectivity index (χ1n) is 6.57. The van der Waals surface area contributed by atoms with Gasteiger partial charge >= 0.3 is 0 Å². The van der Waals surface area contributed by atoms with Gasteiger partial charge in [0.2, 0.25) is 5.82 Å². The summed E-state index contributed by atoms with van der Waals surface area (Å²) in [6.07, 6.45) is 4.19. The number of rotatable bonds is 6. The minimum absolute atomic E-state index is 0.162. The maximum absolute atomic E-state index is 13.8. The molecule has 0 aliphatic rings. The number of benzene rings is 1. The molecule has 0 unspecified atom stereocenters. The summed E-state index contributed by atoms with van der Waals surface area (Å²) in [5.41, 5.74) is 0.783. The van der Waals surface area contributed by atoms with E-state index in [-0.39, 0.29) is 5.75 Å². The molecule has 1 N–H and O–H groups in total. The molecule has 6 heteroatoms. The van der Waals surface area contributed by atoms with Gasteiger partial charge in [0, 0.05) is 29.0 Å². The van der Waals surface area contributed by atoms with E-state index in [1.54, 1.807) is 18.5 Å². The molecule has 21 heavy (non-hydrogen) atoms. The summed E-state index contributed by atoms with van der Waals surface area (Å²) >= 11 is 3.12. The zero-order chi connectivity index (χ0) is 15.2. The zero-order valence-corrected chi connectivity index (χ0v) is 13.1. The van der Waals surface area contributed by atoms with Crippen LogP contribution >= 0.6 is 15.9 Å². The van der Waals surface area contributed by atoms with Crippen LogP contribution in [-0.2, 0) is 6.54 Å². The first-order valence-corrected chi connectivity index (χ1v) is 7.37. The van der Waals surface area contributed by atoms with Crippen LogP contribution in [0.4, 0.5) is 8.78 Å². The molecule has 0 spiro atoms. The topological polar surface area (TPSA) is 34.2 Å². The van der Waals surface area contributed by atoms with Crippen molar-refractivity contribution >= 4 is 15.9 Å². The van der Waals surface area contributed by atoms with Crippen LogP contribution in [-0.4, -0.2) is 11.5 Å². The fraction of sp³-hybridized carbons (Fsp3) is 0.267. The molecular formula is C15H15BrF2N2O. The zero-order valence-electron chi connectivity index (χ0n) is 11.5. The molecule has 3 nitrogen and oxygen atoms in total. The number of nitrogens with one attached hydrogen (secondary N) is 1. The summed E-state index contributed by atoms with van der Waals surface area (Å²) in [7, 11) is 0. The Hall–Kier alpha value is -1.53. The molecule has 1 aromatic carbocycles. The Balaban J connectivity index is 2.23. The lowest BCUT2D eigenvalue weighted by Crippen LogP contribution is -2.14. The number of ether oxygens (including phenoxy) is 1. The molecule has 1 aromatic heterocycles. The molecule has 2 rings (SSSR count). The van der Waals surface area contributed by atoms with Crippen molar-refractivity contribution in [3.05, 3.63) is 52.3 Å². The minimum Gasteiger partial charge on any atom is -0.454 e. The lowest BCUT2D eigenvalue weighted by Gasteiger charge is -2.12. The van der Waals surface area contributed by atoms with Crippen LogP contribution in [0.3, 0.4) is 0 Å². The van der Waals surface area contributed by atoms with E-state index >= 15 is 0 Å². The van der Waals surface area contributed by atoms with E-state index < -0.39 is 11.6 Å². The van der Waals surface area contributed by atoms with Crippen LogP contribution in [0, 0.1) is 11.6 Å². The van der Waals surface area contributed by atoms with Gasteiger partial charge in [-0.3, -0.25) is 4.98 Å². The number of pyridine rings is 1. The average Bonchev–Trinajstić information content (AvgIpc) is 2.46. The molecule has 1 heterocycles. The van der Waals surface area contributed by atoms with E-state index in [0.29, 0.717) is 16.8 Å². The first-order chi connectivity index (χ1) is 10.1. The Kier molecular flexibility index (Phi) is 5.64. The monoisotopic (exact) mass is 356 g/mol. The summed E-state index contributed by atoms with van der Waals surface area (Å²) in [6, 6.07) is 4.07. The Labute approximate surface area is 130 Å². The normalized spacial score (nSPS) is 10.7. The molecular weight excluding hydrogens is 342 g/mol. The summed E-state index contributed by atoms with van der Waals surface area (Å²) in [5.74, 6) is -1.68. The van der Waals surface area contributed by atoms with Gasteiger partial charge in [-0.15, -0.1) is 0 Å². The molecule has 2 aromatic rings. The first kappa shape index (κ1) is 15.9. The third-order valence-corrected chi connectivity index (χ3v) is 3.24. The molecule has 0 bridgehead atoms. The van der Waals surface area contributed by atoms with Crippen LogP contribution < -0.4 is 10.1 Å². The molecule has 0 radical (unpaired) electrons. The summed E-state index contributed by atoms with van der Waals surface area (Å²) < 4.78 is 33.1. The van der Waals surface area contributed by atoms with E-state index in [4.69, 9.17) is 4.74 Å². The van der Waals surface area contributed by atoms with Crippen molar-refractivity contribution in [3.63, 3.8) is 0 Å². The maximum atomic E-state index is 13.8. The highest BCUT2D eigenvalue weighted by atomic mass is 79.9. The second kappa shape index (κ2) is 7.47. The molecule has 0 aliphatic heterocycles. The summed E-state index contributed by atoms with van der Waals surface area (Å²) in [4.78, 5) is 4.03. The van der Waals surface area contributed by atoms with E-state index in [9.17, 15) is 8.78 Å². The molecule has 0 amide bonds. The number of hydrogen-bond acceptors (Lipinski definition) is 3. The van der Waals surface area contributed by atoms with E-state index in [2.05, 4.69) is 33.2 Å². The molecule has 0 saturated heterocycles. The van der Waals surface area contributed by atoms with E-state index in [1.165, 1.54) is 6.07 Å². The Morgan fingerprint density at radius 1 is 1.29 bits per heavy atom. The fourth-order valence-electron chi connectivity index (χ4n) is 1.77. The predicted molar refractivity (Wildman–Crippen MR) is 80.4 cm³/mol. The number of aromatic nitrogens is 1. The van der Waals surface area contributed by atoms with Gasteiger partial charge in [-0.05, 0) is 31.2 Å². The minimum atomic E-state index is -1.01. The second-order valence-corrected chi connectivity index (χ2v) is 5.38. The van der Waals surface area contributed by atoms with Crippen molar-refractivity contribution in [2.75, 3.05) is 6.54 Å². The highest BCUT2D eigenvalue weighted by molar-refractivity contribution is 9.10. The van der Waals surface area contributed by atoms with Crippen molar-refractivity contribution in [2.24, 2.45) is 0 Å². The van der Waals surface area contributed by atoms with Crippen molar-refractivity contribution in [3.8, 4) is 11.5 Å². The Morgan fingerprint density at radius 3 is 2.86 bits per heavy atom. The van der Waals surface area contributed by atoms with Gasteiger partial charge in [0.05, 0.1) is 0 Å². The maximum Gasteiger partial charge on any atom is 0.201 e. The van der Waals surface area contributed by atoms with Crippen molar-refractivity contribution in [1.29, 1.82) is 0 Å². The lowest BCUT2D eigenvalue weighted by molar-refractivity contribution is 0.410. The van der Waals surface area contributed by atoms with Gasteiger partial charge in [-0.25, -0.2) is 4.39 Å². The number of hydrogen-bond donors (Lipinski definition) is 1. The molecule has 0 fully saturated rings.